The quantitative estimate of drug-likeness (QED) is 0.808. The van der Waals surface area contributed by atoms with Gasteiger partial charge in [0.1, 0.15) is 5.82 Å². The summed E-state index contributed by atoms with van der Waals surface area (Å²) >= 11 is 9.07. The predicted molar refractivity (Wildman–Crippen MR) is 70.3 cm³/mol. The van der Waals surface area contributed by atoms with E-state index in [-0.39, 0.29) is 11.2 Å². The second-order valence-corrected chi connectivity index (χ2v) is 5.65. The van der Waals surface area contributed by atoms with Gasteiger partial charge in [-0.25, -0.2) is 4.39 Å². The summed E-state index contributed by atoms with van der Waals surface area (Å²) in [5.74, 6) is -0.230. The Morgan fingerprint density at radius 1 is 1.44 bits per heavy atom. The molecule has 1 rings (SSSR count). The maximum Gasteiger partial charge on any atom is 0.137 e. The second-order valence-electron chi connectivity index (χ2n) is 4.05. The van der Waals surface area contributed by atoms with Gasteiger partial charge in [-0.15, -0.1) is 11.6 Å². The minimum Gasteiger partial charge on any atom is -0.310 e. The first kappa shape index (κ1) is 13.9. The summed E-state index contributed by atoms with van der Waals surface area (Å²) in [6.07, 6.45) is 0.921. The van der Waals surface area contributed by atoms with Crippen LogP contribution in [-0.2, 0) is 6.54 Å². The van der Waals surface area contributed by atoms with Gasteiger partial charge in [0.05, 0.1) is 4.47 Å². The normalized spacial score (nSPS) is 14.8. The van der Waals surface area contributed by atoms with Crippen molar-refractivity contribution in [3.8, 4) is 0 Å². The Bertz CT molecular complexity index is 344. The highest BCUT2D eigenvalue weighted by Crippen LogP contribution is 2.17. The third-order valence-electron chi connectivity index (χ3n) is 2.32. The molecule has 0 aliphatic heterocycles. The Balaban J connectivity index is 2.45. The molecule has 90 valence electrons. The van der Waals surface area contributed by atoms with E-state index in [1.807, 2.05) is 6.92 Å². The van der Waals surface area contributed by atoms with Crippen LogP contribution in [-0.4, -0.2) is 11.4 Å². The SMILES string of the molecule is CC(Cl)CC(C)NCc1ccc(F)c(Br)c1. The highest BCUT2D eigenvalue weighted by Gasteiger charge is 2.06. The molecule has 2 unspecified atom stereocenters. The molecule has 0 radical (unpaired) electrons. The molecule has 1 N–H and O–H groups in total. The lowest BCUT2D eigenvalue weighted by atomic mass is 10.1. The number of hydrogen-bond donors (Lipinski definition) is 1. The van der Waals surface area contributed by atoms with Crippen molar-refractivity contribution in [2.45, 2.75) is 38.2 Å². The first-order chi connectivity index (χ1) is 7.49. The van der Waals surface area contributed by atoms with Gasteiger partial charge < -0.3 is 5.32 Å². The molecule has 0 bridgehead atoms. The van der Waals surface area contributed by atoms with Crippen molar-refractivity contribution in [1.29, 1.82) is 0 Å². The van der Waals surface area contributed by atoms with E-state index in [0.29, 0.717) is 10.5 Å². The fraction of sp³-hybridized carbons (Fsp3) is 0.500. The Labute approximate surface area is 110 Å². The topological polar surface area (TPSA) is 12.0 Å². The zero-order chi connectivity index (χ0) is 12.1. The van der Waals surface area contributed by atoms with Crippen molar-refractivity contribution in [2.24, 2.45) is 0 Å². The lowest BCUT2D eigenvalue weighted by Crippen LogP contribution is -2.27. The Morgan fingerprint density at radius 2 is 2.12 bits per heavy atom. The molecule has 0 heterocycles. The number of nitrogens with one attached hydrogen (secondary N) is 1. The van der Waals surface area contributed by atoms with Gasteiger partial charge in [-0.1, -0.05) is 6.07 Å². The number of hydrogen-bond acceptors (Lipinski definition) is 1. The van der Waals surface area contributed by atoms with Crippen molar-refractivity contribution in [3.05, 3.63) is 34.1 Å². The van der Waals surface area contributed by atoms with Gasteiger partial charge in [0.15, 0.2) is 0 Å². The molecular weight excluding hydrogens is 292 g/mol. The minimum absolute atomic E-state index is 0.169. The maximum absolute atomic E-state index is 13.0. The first-order valence-corrected chi connectivity index (χ1v) is 6.53. The summed E-state index contributed by atoms with van der Waals surface area (Å²) in [5.41, 5.74) is 1.06. The second kappa shape index (κ2) is 6.58. The summed E-state index contributed by atoms with van der Waals surface area (Å²) in [4.78, 5) is 0. The van der Waals surface area contributed by atoms with Crippen LogP contribution in [0.4, 0.5) is 4.39 Å². The van der Waals surface area contributed by atoms with E-state index in [4.69, 9.17) is 11.6 Å². The average molecular weight is 309 g/mol. The molecule has 1 nitrogen and oxygen atoms in total. The minimum atomic E-state index is -0.230. The van der Waals surface area contributed by atoms with E-state index in [2.05, 4.69) is 28.2 Å². The van der Waals surface area contributed by atoms with E-state index in [1.165, 1.54) is 6.07 Å². The lowest BCUT2D eigenvalue weighted by Gasteiger charge is -2.15. The maximum atomic E-state index is 13.0. The fourth-order valence-electron chi connectivity index (χ4n) is 1.51. The van der Waals surface area contributed by atoms with E-state index in [0.717, 1.165) is 18.5 Å². The molecule has 0 fully saturated rings. The molecule has 1 aromatic rings. The van der Waals surface area contributed by atoms with Crippen molar-refractivity contribution in [2.75, 3.05) is 0 Å². The van der Waals surface area contributed by atoms with Crippen LogP contribution in [0.1, 0.15) is 25.8 Å². The number of alkyl halides is 1. The summed E-state index contributed by atoms with van der Waals surface area (Å²) in [7, 11) is 0. The van der Waals surface area contributed by atoms with Crippen molar-refractivity contribution in [3.63, 3.8) is 0 Å². The van der Waals surface area contributed by atoms with Gasteiger partial charge in [-0.2, -0.15) is 0 Å². The molecule has 0 spiro atoms. The van der Waals surface area contributed by atoms with Gasteiger partial charge in [0.2, 0.25) is 0 Å². The van der Waals surface area contributed by atoms with Crippen LogP contribution in [0.15, 0.2) is 22.7 Å². The summed E-state index contributed by atoms with van der Waals surface area (Å²) in [6, 6.07) is 5.40. The van der Waals surface area contributed by atoms with Crippen LogP contribution < -0.4 is 5.32 Å². The molecule has 1 aromatic carbocycles. The predicted octanol–water partition coefficient (Wildman–Crippen LogP) is 4.08. The van der Waals surface area contributed by atoms with Crippen molar-refractivity contribution < 1.29 is 4.39 Å². The lowest BCUT2D eigenvalue weighted by molar-refractivity contribution is 0.511. The highest BCUT2D eigenvalue weighted by molar-refractivity contribution is 9.10. The Kier molecular flexibility index (Phi) is 5.73. The largest absolute Gasteiger partial charge is 0.310 e. The number of rotatable bonds is 5. The van der Waals surface area contributed by atoms with Gasteiger partial charge >= 0.3 is 0 Å². The molecule has 2 atom stereocenters. The van der Waals surface area contributed by atoms with Crippen LogP contribution in [0, 0.1) is 5.82 Å². The third kappa shape index (κ3) is 4.81. The average Bonchev–Trinajstić information content (AvgIpc) is 2.19. The van der Waals surface area contributed by atoms with E-state index >= 15 is 0 Å². The zero-order valence-corrected chi connectivity index (χ0v) is 11.8. The van der Waals surface area contributed by atoms with Gasteiger partial charge in [0.25, 0.3) is 0 Å². The Morgan fingerprint density at radius 3 is 2.69 bits per heavy atom. The summed E-state index contributed by atoms with van der Waals surface area (Å²) in [5, 5.41) is 3.52. The monoisotopic (exact) mass is 307 g/mol. The van der Waals surface area contributed by atoms with Crippen molar-refractivity contribution in [1.82, 2.24) is 5.32 Å². The molecular formula is C12H16BrClFN. The molecule has 0 saturated heterocycles. The molecule has 0 aliphatic carbocycles. The van der Waals surface area contributed by atoms with E-state index < -0.39 is 0 Å². The molecule has 16 heavy (non-hydrogen) atoms. The molecule has 4 heteroatoms. The smallest absolute Gasteiger partial charge is 0.137 e. The van der Waals surface area contributed by atoms with Crippen LogP contribution in [0.2, 0.25) is 0 Å². The Hall–Kier alpha value is -0.120. The molecule has 0 aliphatic rings. The van der Waals surface area contributed by atoms with Crippen LogP contribution >= 0.6 is 27.5 Å². The number of halogens is 3. The van der Waals surface area contributed by atoms with Crippen molar-refractivity contribution >= 4 is 27.5 Å². The third-order valence-corrected chi connectivity index (χ3v) is 3.10. The molecule has 0 aromatic heterocycles. The van der Waals surface area contributed by atoms with E-state index in [1.54, 1.807) is 12.1 Å². The first-order valence-electron chi connectivity index (χ1n) is 5.30. The standard InChI is InChI=1S/C12H16BrClFN/c1-8(14)5-9(2)16-7-10-3-4-12(15)11(13)6-10/h3-4,6,8-9,16H,5,7H2,1-2H3. The molecule has 0 amide bonds. The van der Waals surface area contributed by atoms with E-state index in [9.17, 15) is 4.39 Å². The molecule has 0 saturated carbocycles. The van der Waals surface area contributed by atoms with Gasteiger partial charge in [0, 0.05) is 18.0 Å². The highest BCUT2D eigenvalue weighted by atomic mass is 79.9. The summed E-state index contributed by atoms with van der Waals surface area (Å²) in [6.45, 7) is 4.80. The van der Waals surface area contributed by atoms with Gasteiger partial charge in [-0.3, -0.25) is 0 Å². The summed E-state index contributed by atoms with van der Waals surface area (Å²) < 4.78 is 13.5. The van der Waals surface area contributed by atoms with Gasteiger partial charge in [-0.05, 0) is 53.9 Å². The van der Waals surface area contributed by atoms with Crippen LogP contribution in [0.3, 0.4) is 0 Å². The van der Waals surface area contributed by atoms with Crippen LogP contribution in [0.25, 0.3) is 0 Å². The fourth-order valence-corrected chi connectivity index (χ4v) is 2.21. The van der Waals surface area contributed by atoms with Crippen LogP contribution in [0.5, 0.6) is 0 Å². The number of benzene rings is 1. The zero-order valence-electron chi connectivity index (χ0n) is 9.43.